The summed E-state index contributed by atoms with van der Waals surface area (Å²) in [6, 6.07) is 15.3. The van der Waals surface area contributed by atoms with Gasteiger partial charge in [0.05, 0.1) is 12.6 Å². The van der Waals surface area contributed by atoms with Crippen LogP contribution in [-0.4, -0.2) is 37.0 Å². The minimum Gasteiger partial charge on any atom is -0.494 e. The molecule has 1 N–H and O–H groups in total. The number of hydrogen-bond donors (Lipinski definition) is 1. The molecule has 1 atom stereocenters. The van der Waals surface area contributed by atoms with Gasteiger partial charge < -0.3 is 10.1 Å². The van der Waals surface area contributed by atoms with Crippen LogP contribution in [0, 0.1) is 0 Å². The first-order valence-corrected chi connectivity index (χ1v) is 9.56. The summed E-state index contributed by atoms with van der Waals surface area (Å²) in [5.74, 6) is 0.616. The highest BCUT2D eigenvalue weighted by atomic mass is 35.5. The normalized spacial score (nSPS) is 15.6. The van der Waals surface area contributed by atoms with Crippen molar-refractivity contribution >= 4 is 17.5 Å². The van der Waals surface area contributed by atoms with Gasteiger partial charge in [-0.05, 0) is 62.7 Å². The molecule has 0 spiro atoms. The van der Waals surface area contributed by atoms with E-state index >= 15 is 0 Å². The maximum Gasteiger partial charge on any atom is 0.251 e. The SMILES string of the molecule is CCOc1cccc(C(=O)NC[C@H](c2ccccc2Cl)N2CCCC2)c1. The molecule has 0 bridgehead atoms. The van der Waals surface area contributed by atoms with Crippen LogP contribution in [0.4, 0.5) is 0 Å². The Morgan fingerprint density at radius 1 is 1.19 bits per heavy atom. The number of nitrogens with zero attached hydrogens (tertiary/aromatic N) is 1. The molecular formula is C21H25ClN2O2. The Morgan fingerprint density at radius 2 is 1.96 bits per heavy atom. The van der Waals surface area contributed by atoms with E-state index < -0.39 is 0 Å². The number of amides is 1. The third-order valence-corrected chi connectivity index (χ3v) is 5.05. The van der Waals surface area contributed by atoms with Crippen LogP contribution in [0.2, 0.25) is 5.02 Å². The molecule has 26 heavy (non-hydrogen) atoms. The van der Waals surface area contributed by atoms with E-state index in [0.29, 0.717) is 24.5 Å². The van der Waals surface area contributed by atoms with Crippen LogP contribution in [0.5, 0.6) is 5.75 Å². The van der Waals surface area contributed by atoms with Gasteiger partial charge in [-0.3, -0.25) is 9.69 Å². The Balaban J connectivity index is 1.72. The smallest absolute Gasteiger partial charge is 0.251 e. The van der Waals surface area contributed by atoms with Crippen LogP contribution < -0.4 is 10.1 Å². The van der Waals surface area contributed by atoms with E-state index in [-0.39, 0.29) is 11.9 Å². The van der Waals surface area contributed by atoms with Gasteiger partial charge in [0.2, 0.25) is 0 Å². The number of benzene rings is 2. The van der Waals surface area contributed by atoms with Crippen molar-refractivity contribution in [2.75, 3.05) is 26.2 Å². The first-order valence-electron chi connectivity index (χ1n) is 9.18. The standard InChI is InChI=1S/C21H25ClN2O2/c1-2-26-17-9-7-8-16(14-17)21(25)23-15-20(24-12-5-6-13-24)18-10-3-4-11-19(18)22/h3-4,7-11,14,20H,2,5-6,12-13,15H2,1H3,(H,23,25)/t20-/m1/s1. The van der Waals surface area contributed by atoms with Crippen LogP contribution >= 0.6 is 11.6 Å². The topological polar surface area (TPSA) is 41.6 Å². The lowest BCUT2D eigenvalue weighted by Gasteiger charge is -2.29. The molecule has 0 saturated carbocycles. The number of rotatable bonds is 7. The number of hydrogen-bond acceptors (Lipinski definition) is 3. The Hall–Kier alpha value is -2.04. The number of carbonyl (C=O) groups excluding carboxylic acids is 1. The molecule has 1 aliphatic heterocycles. The zero-order chi connectivity index (χ0) is 18.4. The molecule has 3 rings (SSSR count). The molecule has 2 aromatic carbocycles. The van der Waals surface area contributed by atoms with Crippen LogP contribution in [-0.2, 0) is 0 Å². The third kappa shape index (κ3) is 4.57. The summed E-state index contributed by atoms with van der Waals surface area (Å²) in [6.07, 6.45) is 2.37. The fourth-order valence-electron chi connectivity index (χ4n) is 3.42. The number of ether oxygens (including phenoxy) is 1. The van der Waals surface area contributed by atoms with Gasteiger partial charge >= 0.3 is 0 Å². The lowest BCUT2D eigenvalue weighted by Crippen LogP contribution is -2.37. The zero-order valence-corrected chi connectivity index (χ0v) is 15.8. The molecule has 1 amide bonds. The van der Waals surface area contributed by atoms with Gasteiger partial charge in [-0.25, -0.2) is 0 Å². The van der Waals surface area contributed by atoms with Crippen molar-refractivity contribution in [1.29, 1.82) is 0 Å². The Morgan fingerprint density at radius 3 is 2.69 bits per heavy atom. The highest BCUT2D eigenvalue weighted by Crippen LogP contribution is 2.29. The summed E-state index contributed by atoms with van der Waals surface area (Å²) in [6.45, 7) is 5.10. The van der Waals surface area contributed by atoms with Crippen LogP contribution in [0.1, 0.15) is 41.7 Å². The molecule has 5 heteroatoms. The van der Waals surface area contributed by atoms with Crippen LogP contribution in [0.3, 0.4) is 0 Å². The summed E-state index contributed by atoms with van der Waals surface area (Å²) in [5, 5.41) is 3.82. The van der Waals surface area contributed by atoms with Gasteiger partial charge in [-0.1, -0.05) is 35.9 Å². The molecule has 4 nitrogen and oxygen atoms in total. The second kappa shape index (κ2) is 9.06. The molecule has 0 radical (unpaired) electrons. The lowest BCUT2D eigenvalue weighted by molar-refractivity contribution is 0.0937. The Labute approximate surface area is 160 Å². The molecule has 1 heterocycles. The summed E-state index contributed by atoms with van der Waals surface area (Å²) >= 11 is 6.43. The molecule has 0 unspecified atom stereocenters. The number of halogens is 1. The van der Waals surface area contributed by atoms with Crippen molar-refractivity contribution in [1.82, 2.24) is 10.2 Å². The number of carbonyl (C=O) groups is 1. The summed E-state index contributed by atoms with van der Waals surface area (Å²) in [7, 11) is 0. The molecule has 0 aliphatic carbocycles. The van der Waals surface area contributed by atoms with E-state index in [1.807, 2.05) is 43.3 Å². The average Bonchev–Trinajstić information content (AvgIpc) is 3.18. The van der Waals surface area contributed by atoms with Crippen molar-refractivity contribution in [3.63, 3.8) is 0 Å². The van der Waals surface area contributed by atoms with Gasteiger partial charge in [0.1, 0.15) is 5.75 Å². The lowest BCUT2D eigenvalue weighted by atomic mass is 10.0. The van der Waals surface area contributed by atoms with Gasteiger partial charge in [0.15, 0.2) is 0 Å². The fraction of sp³-hybridized carbons (Fsp3) is 0.381. The third-order valence-electron chi connectivity index (χ3n) is 4.71. The monoisotopic (exact) mass is 372 g/mol. The average molecular weight is 373 g/mol. The van der Waals surface area contributed by atoms with E-state index in [0.717, 1.165) is 23.7 Å². The molecule has 1 fully saturated rings. The predicted molar refractivity (Wildman–Crippen MR) is 105 cm³/mol. The fourth-order valence-corrected chi connectivity index (χ4v) is 3.68. The van der Waals surface area contributed by atoms with Crippen molar-refractivity contribution in [2.24, 2.45) is 0 Å². The maximum atomic E-state index is 12.6. The minimum absolute atomic E-state index is 0.0882. The van der Waals surface area contributed by atoms with E-state index in [2.05, 4.69) is 10.2 Å². The molecule has 138 valence electrons. The number of nitrogens with one attached hydrogen (secondary N) is 1. The van der Waals surface area contributed by atoms with E-state index in [1.165, 1.54) is 12.8 Å². The van der Waals surface area contributed by atoms with E-state index in [9.17, 15) is 4.79 Å². The van der Waals surface area contributed by atoms with Crippen molar-refractivity contribution in [3.8, 4) is 5.75 Å². The molecule has 0 aromatic heterocycles. The second-order valence-electron chi connectivity index (χ2n) is 6.45. The van der Waals surface area contributed by atoms with E-state index in [4.69, 9.17) is 16.3 Å². The molecule has 1 saturated heterocycles. The number of likely N-dealkylation sites (tertiary alicyclic amines) is 1. The first kappa shape index (κ1) is 18.7. The molecule has 1 aliphatic rings. The summed E-state index contributed by atoms with van der Waals surface area (Å²) in [5.41, 5.74) is 1.68. The second-order valence-corrected chi connectivity index (χ2v) is 6.86. The summed E-state index contributed by atoms with van der Waals surface area (Å²) < 4.78 is 5.48. The van der Waals surface area contributed by atoms with Gasteiger partial charge in [0.25, 0.3) is 5.91 Å². The van der Waals surface area contributed by atoms with Crippen molar-refractivity contribution < 1.29 is 9.53 Å². The highest BCUT2D eigenvalue weighted by molar-refractivity contribution is 6.31. The van der Waals surface area contributed by atoms with Gasteiger partial charge in [-0.2, -0.15) is 0 Å². The highest BCUT2D eigenvalue weighted by Gasteiger charge is 2.25. The largest absolute Gasteiger partial charge is 0.494 e. The molecular weight excluding hydrogens is 348 g/mol. The molecule has 2 aromatic rings. The van der Waals surface area contributed by atoms with Gasteiger partial charge in [0, 0.05) is 17.1 Å². The Kier molecular flexibility index (Phi) is 6.53. The predicted octanol–water partition coefficient (Wildman–Crippen LogP) is 4.31. The zero-order valence-electron chi connectivity index (χ0n) is 15.1. The van der Waals surface area contributed by atoms with Crippen molar-refractivity contribution in [3.05, 3.63) is 64.7 Å². The quantitative estimate of drug-likeness (QED) is 0.787. The minimum atomic E-state index is -0.0946. The van der Waals surface area contributed by atoms with Crippen molar-refractivity contribution in [2.45, 2.75) is 25.8 Å². The summed E-state index contributed by atoms with van der Waals surface area (Å²) in [4.78, 5) is 15.0. The van der Waals surface area contributed by atoms with Crippen LogP contribution in [0.15, 0.2) is 48.5 Å². The maximum absolute atomic E-state index is 12.6. The van der Waals surface area contributed by atoms with Crippen LogP contribution in [0.25, 0.3) is 0 Å². The van der Waals surface area contributed by atoms with E-state index in [1.54, 1.807) is 12.1 Å². The first-order chi connectivity index (χ1) is 12.7. The van der Waals surface area contributed by atoms with Gasteiger partial charge in [-0.15, -0.1) is 0 Å². The Bertz CT molecular complexity index is 744.